The second-order valence-corrected chi connectivity index (χ2v) is 6.25. The van der Waals surface area contributed by atoms with Crippen LogP contribution in [0, 0.1) is 0 Å². The van der Waals surface area contributed by atoms with Gasteiger partial charge >= 0.3 is 12.1 Å². The molecule has 0 spiro atoms. The van der Waals surface area contributed by atoms with Crippen LogP contribution < -0.4 is 0 Å². The second-order valence-electron chi connectivity index (χ2n) is 6.25. The van der Waals surface area contributed by atoms with E-state index in [9.17, 15) is 9.59 Å². The Hall–Kier alpha value is -2.18. The van der Waals surface area contributed by atoms with E-state index in [0.717, 1.165) is 12.1 Å². The van der Waals surface area contributed by atoms with Gasteiger partial charge in [-0.1, -0.05) is 0 Å². The van der Waals surface area contributed by atoms with Gasteiger partial charge in [0.25, 0.3) is 0 Å². The molecule has 1 aliphatic heterocycles. The monoisotopic (exact) mass is 307 g/mol. The molecular formula is C15H21N3O4. The first-order valence-electron chi connectivity index (χ1n) is 7.20. The van der Waals surface area contributed by atoms with E-state index in [0.29, 0.717) is 13.1 Å². The molecule has 2 rings (SSSR count). The zero-order valence-corrected chi connectivity index (χ0v) is 13.3. The maximum atomic E-state index is 12.0. The summed E-state index contributed by atoms with van der Waals surface area (Å²) in [6.45, 7) is 6.70. The standard InChI is InChI=1S/C15H21N3O4/c1-15(2,3)22-14(20)18-8-7-10(9-18)11-5-6-12(17-16-11)13(19)21-4/h5-6,10H,7-9H2,1-4H3. The van der Waals surface area contributed by atoms with Gasteiger partial charge in [0.05, 0.1) is 12.8 Å². The van der Waals surface area contributed by atoms with Gasteiger partial charge < -0.3 is 14.4 Å². The van der Waals surface area contributed by atoms with Crippen molar-refractivity contribution in [1.82, 2.24) is 15.1 Å². The Balaban J connectivity index is 1.98. The van der Waals surface area contributed by atoms with Gasteiger partial charge in [-0.05, 0) is 39.3 Å². The highest BCUT2D eigenvalue weighted by Gasteiger charge is 2.31. The summed E-state index contributed by atoms with van der Waals surface area (Å²) < 4.78 is 9.95. The van der Waals surface area contributed by atoms with Crippen molar-refractivity contribution >= 4 is 12.1 Å². The summed E-state index contributed by atoms with van der Waals surface area (Å²) in [5.74, 6) is -0.410. The minimum atomic E-state index is -0.513. The van der Waals surface area contributed by atoms with Gasteiger partial charge in [-0.2, -0.15) is 5.10 Å². The molecule has 0 aromatic carbocycles. The lowest BCUT2D eigenvalue weighted by Gasteiger charge is -2.24. The number of esters is 1. The molecule has 0 radical (unpaired) electrons. The lowest BCUT2D eigenvalue weighted by Crippen LogP contribution is -2.35. The Bertz CT molecular complexity index is 551. The molecule has 1 amide bonds. The van der Waals surface area contributed by atoms with Gasteiger partial charge in [0.2, 0.25) is 0 Å². The van der Waals surface area contributed by atoms with Crippen molar-refractivity contribution in [2.45, 2.75) is 38.7 Å². The van der Waals surface area contributed by atoms with Gasteiger partial charge in [-0.3, -0.25) is 0 Å². The van der Waals surface area contributed by atoms with Crippen molar-refractivity contribution in [2.24, 2.45) is 0 Å². The minimum absolute atomic E-state index is 0.103. The van der Waals surface area contributed by atoms with E-state index in [2.05, 4.69) is 14.9 Å². The zero-order chi connectivity index (χ0) is 16.3. The number of amides is 1. The van der Waals surface area contributed by atoms with Crippen molar-refractivity contribution in [2.75, 3.05) is 20.2 Å². The summed E-state index contributed by atoms with van der Waals surface area (Å²) in [7, 11) is 1.30. The molecule has 120 valence electrons. The number of rotatable bonds is 2. The van der Waals surface area contributed by atoms with Crippen LogP contribution in [0.2, 0.25) is 0 Å². The molecule has 0 N–H and O–H groups in total. The average molecular weight is 307 g/mol. The van der Waals surface area contributed by atoms with Crippen LogP contribution in [0.3, 0.4) is 0 Å². The van der Waals surface area contributed by atoms with E-state index in [4.69, 9.17) is 4.74 Å². The zero-order valence-electron chi connectivity index (χ0n) is 13.3. The third-order valence-electron chi connectivity index (χ3n) is 3.34. The number of hydrogen-bond acceptors (Lipinski definition) is 6. The van der Waals surface area contributed by atoms with Crippen molar-refractivity contribution in [3.63, 3.8) is 0 Å². The molecule has 1 saturated heterocycles. The predicted octanol–water partition coefficient (Wildman–Crippen LogP) is 1.99. The summed E-state index contributed by atoms with van der Waals surface area (Å²) in [5, 5.41) is 7.93. The maximum Gasteiger partial charge on any atom is 0.410 e. The molecule has 1 atom stereocenters. The fourth-order valence-corrected chi connectivity index (χ4v) is 2.27. The first kappa shape index (κ1) is 16.2. The summed E-state index contributed by atoms with van der Waals surface area (Å²) >= 11 is 0. The highest BCUT2D eigenvalue weighted by molar-refractivity contribution is 5.86. The third-order valence-corrected chi connectivity index (χ3v) is 3.34. The number of carbonyl (C=O) groups is 2. The van der Waals surface area contributed by atoms with E-state index in [1.54, 1.807) is 17.0 Å². The molecule has 1 aromatic rings. The molecule has 22 heavy (non-hydrogen) atoms. The van der Waals surface area contributed by atoms with Crippen molar-refractivity contribution in [3.8, 4) is 0 Å². The van der Waals surface area contributed by atoms with Crippen molar-refractivity contribution in [3.05, 3.63) is 23.5 Å². The molecule has 1 unspecified atom stereocenters. The summed E-state index contributed by atoms with van der Waals surface area (Å²) in [6, 6.07) is 3.34. The van der Waals surface area contributed by atoms with Gasteiger partial charge in [0.1, 0.15) is 5.60 Å². The summed E-state index contributed by atoms with van der Waals surface area (Å²) in [6.07, 6.45) is 0.486. The molecule has 0 bridgehead atoms. The van der Waals surface area contributed by atoms with Crippen LogP contribution in [0.25, 0.3) is 0 Å². The van der Waals surface area contributed by atoms with Crippen molar-refractivity contribution < 1.29 is 19.1 Å². The van der Waals surface area contributed by atoms with Crippen molar-refractivity contribution in [1.29, 1.82) is 0 Å². The van der Waals surface area contributed by atoms with E-state index in [-0.39, 0.29) is 17.7 Å². The molecule has 2 heterocycles. The van der Waals surface area contributed by atoms with Crippen LogP contribution >= 0.6 is 0 Å². The number of ether oxygens (including phenoxy) is 2. The van der Waals surface area contributed by atoms with E-state index >= 15 is 0 Å². The molecule has 1 aromatic heterocycles. The molecule has 1 fully saturated rings. The SMILES string of the molecule is COC(=O)c1ccc(C2CCN(C(=O)OC(C)(C)C)C2)nn1. The molecule has 0 saturated carbocycles. The highest BCUT2D eigenvalue weighted by Crippen LogP contribution is 2.26. The quantitative estimate of drug-likeness (QED) is 0.777. The Morgan fingerprint density at radius 3 is 2.55 bits per heavy atom. The van der Waals surface area contributed by atoms with E-state index in [1.807, 2.05) is 20.8 Å². The first-order chi connectivity index (χ1) is 10.3. The fourth-order valence-electron chi connectivity index (χ4n) is 2.27. The number of nitrogens with zero attached hydrogens (tertiary/aromatic N) is 3. The topological polar surface area (TPSA) is 81.6 Å². The Kier molecular flexibility index (Phi) is 4.63. The normalized spacial score (nSPS) is 18.2. The number of hydrogen-bond donors (Lipinski definition) is 0. The molecule has 7 nitrogen and oxygen atoms in total. The highest BCUT2D eigenvalue weighted by atomic mass is 16.6. The van der Waals surface area contributed by atoms with Gasteiger partial charge in [0, 0.05) is 19.0 Å². The number of methoxy groups -OCH3 is 1. The van der Waals surface area contributed by atoms with Crippen LogP contribution in [0.1, 0.15) is 49.3 Å². The maximum absolute atomic E-state index is 12.0. The molecular weight excluding hydrogens is 286 g/mol. The number of carbonyl (C=O) groups excluding carboxylic acids is 2. The van der Waals surface area contributed by atoms with E-state index in [1.165, 1.54) is 7.11 Å². The van der Waals surface area contributed by atoms with Gasteiger partial charge in [-0.15, -0.1) is 5.10 Å². The van der Waals surface area contributed by atoms with Crippen LogP contribution in [0.15, 0.2) is 12.1 Å². The Morgan fingerprint density at radius 2 is 2.00 bits per heavy atom. The number of aromatic nitrogens is 2. The third kappa shape index (κ3) is 3.93. The largest absolute Gasteiger partial charge is 0.464 e. The van der Waals surface area contributed by atoms with Crippen LogP contribution in [0.4, 0.5) is 4.79 Å². The van der Waals surface area contributed by atoms with Gasteiger partial charge in [-0.25, -0.2) is 9.59 Å². The predicted molar refractivity (Wildman–Crippen MR) is 78.5 cm³/mol. The average Bonchev–Trinajstić information content (AvgIpc) is 2.95. The van der Waals surface area contributed by atoms with E-state index < -0.39 is 11.6 Å². The lowest BCUT2D eigenvalue weighted by molar-refractivity contribution is 0.0292. The summed E-state index contributed by atoms with van der Waals surface area (Å²) in [5.41, 5.74) is 0.434. The number of likely N-dealkylation sites (tertiary alicyclic amines) is 1. The first-order valence-corrected chi connectivity index (χ1v) is 7.20. The lowest BCUT2D eigenvalue weighted by atomic mass is 10.0. The van der Waals surface area contributed by atoms with Crippen LogP contribution in [0.5, 0.6) is 0 Å². The Labute approximate surface area is 129 Å². The molecule has 1 aliphatic rings. The van der Waals surface area contributed by atoms with Crippen LogP contribution in [-0.2, 0) is 9.47 Å². The minimum Gasteiger partial charge on any atom is -0.464 e. The second kappa shape index (κ2) is 6.29. The fraction of sp³-hybridized carbons (Fsp3) is 0.600. The molecule has 7 heteroatoms. The summed E-state index contributed by atoms with van der Waals surface area (Å²) in [4.78, 5) is 25.0. The molecule has 0 aliphatic carbocycles. The van der Waals surface area contributed by atoms with Gasteiger partial charge in [0.15, 0.2) is 5.69 Å². The Morgan fingerprint density at radius 1 is 1.27 bits per heavy atom. The smallest absolute Gasteiger partial charge is 0.410 e. The van der Waals surface area contributed by atoms with Crippen LogP contribution in [-0.4, -0.2) is 53.0 Å².